The zero-order valence-electron chi connectivity index (χ0n) is 23.8. The molecular weight excluding hydrogens is 478 g/mol. The van der Waals surface area contributed by atoms with Crippen molar-refractivity contribution < 1.29 is 19.0 Å². The van der Waals surface area contributed by atoms with E-state index in [1.807, 2.05) is 19.9 Å². The SMILES string of the molecule is CCOC1(C2(C3(OCC)C=CC(N(CC)CC)=CC3)C(=O)Oc3cccnc32)C=CC(N(CC)CC)=CC1. The summed E-state index contributed by atoms with van der Waals surface area (Å²) in [6.45, 7) is 17.0. The first-order valence-electron chi connectivity index (χ1n) is 14.2. The number of pyridine rings is 1. The lowest BCUT2D eigenvalue weighted by Gasteiger charge is -2.54. The highest BCUT2D eigenvalue weighted by atomic mass is 16.6. The first-order valence-corrected chi connectivity index (χ1v) is 14.2. The third-order valence-electron chi connectivity index (χ3n) is 8.24. The summed E-state index contributed by atoms with van der Waals surface area (Å²) >= 11 is 0. The molecule has 2 aliphatic carbocycles. The van der Waals surface area contributed by atoms with Crippen molar-refractivity contribution in [3.8, 4) is 5.75 Å². The molecule has 206 valence electrons. The maximum absolute atomic E-state index is 14.4. The number of nitrogens with zero attached hydrogens (tertiary/aromatic N) is 3. The summed E-state index contributed by atoms with van der Waals surface area (Å²) in [5.41, 5.74) is -0.653. The third-order valence-corrected chi connectivity index (χ3v) is 8.24. The zero-order chi connectivity index (χ0) is 27.4. The van der Waals surface area contributed by atoms with Crippen LogP contribution in [0, 0.1) is 0 Å². The summed E-state index contributed by atoms with van der Waals surface area (Å²) in [5, 5.41) is 0. The fraction of sp³-hybridized carbons (Fsp3) is 0.548. The van der Waals surface area contributed by atoms with Gasteiger partial charge < -0.3 is 24.0 Å². The van der Waals surface area contributed by atoms with E-state index in [4.69, 9.17) is 19.2 Å². The maximum atomic E-state index is 14.4. The van der Waals surface area contributed by atoms with Crippen LogP contribution in [0.2, 0.25) is 0 Å². The molecule has 0 amide bonds. The molecule has 0 saturated heterocycles. The van der Waals surface area contributed by atoms with Crippen molar-refractivity contribution in [3.05, 3.63) is 71.9 Å². The lowest BCUT2D eigenvalue weighted by molar-refractivity contribution is -0.181. The normalized spacial score (nSPS) is 28.0. The average Bonchev–Trinajstić information content (AvgIpc) is 3.25. The van der Waals surface area contributed by atoms with Crippen molar-refractivity contribution in [1.29, 1.82) is 0 Å². The van der Waals surface area contributed by atoms with Gasteiger partial charge in [-0.15, -0.1) is 0 Å². The lowest BCUT2D eigenvalue weighted by Crippen LogP contribution is -2.69. The minimum atomic E-state index is -1.35. The summed E-state index contributed by atoms with van der Waals surface area (Å²) in [6, 6.07) is 3.61. The number of hydrogen-bond acceptors (Lipinski definition) is 7. The molecule has 3 aliphatic rings. The molecule has 0 fully saturated rings. The Bertz CT molecular complexity index is 1080. The van der Waals surface area contributed by atoms with Crippen LogP contribution in [0.5, 0.6) is 5.75 Å². The molecular formula is C31H43N3O4. The number of carbonyl (C=O) groups is 1. The number of aromatic nitrogens is 1. The van der Waals surface area contributed by atoms with E-state index in [2.05, 4.69) is 74.0 Å². The molecule has 2 heterocycles. The van der Waals surface area contributed by atoms with Crippen LogP contribution < -0.4 is 4.74 Å². The Morgan fingerprint density at radius 3 is 1.74 bits per heavy atom. The second-order valence-electron chi connectivity index (χ2n) is 9.81. The smallest absolute Gasteiger partial charge is 0.330 e. The highest BCUT2D eigenvalue weighted by Gasteiger charge is 2.73. The second-order valence-corrected chi connectivity index (χ2v) is 9.81. The fourth-order valence-corrected chi connectivity index (χ4v) is 6.51. The number of esters is 1. The van der Waals surface area contributed by atoms with Crippen molar-refractivity contribution in [2.45, 2.75) is 71.0 Å². The van der Waals surface area contributed by atoms with Crippen LogP contribution in [0.1, 0.15) is 60.1 Å². The predicted octanol–water partition coefficient (Wildman–Crippen LogP) is 5.16. The Labute approximate surface area is 227 Å². The van der Waals surface area contributed by atoms with Gasteiger partial charge in [0.1, 0.15) is 16.9 Å². The van der Waals surface area contributed by atoms with Crippen LogP contribution >= 0.6 is 0 Å². The molecule has 0 saturated carbocycles. The van der Waals surface area contributed by atoms with E-state index in [0.29, 0.717) is 37.5 Å². The van der Waals surface area contributed by atoms with E-state index >= 15 is 0 Å². The maximum Gasteiger partial charge on any atom is 0.330 e. The van der Waals surface area contributed by atoms with Gasteiger partial charge in [0.2, 0.25) is 0 Å². The van der Waals surface area contributed by atoms with Crippen molar-refractivity contribution >= 4 is 5.97 Å². The number of likely N-dealkylation sites (N-methyl/N-ethyl adjacent to an activating group) is 2. The van der Waals surface area contributed by atoms with E-state index in [-0.39, 0.29) is 5.97 Å². The number of allylic oxidation sites excluding steroid dienone is 2. The fourth-order valence-electron chi connectivity index (χ4n) is 6.51. The molecule has 7 heteroatoms. The van der Waals surface area contributed by atoms with Crippen LogP contribution in [0.3, 0.4) is 0 Å². The van der Waals surface area contributed by atoms with E-state index in [0.717, 1.165) is 37.6 Å². The van der Waals surface area contributed by atoms with Crippen molar-refractivity contribution in [2.24, 2.45) is 0 Å². The number of rotatable bonds is 12. The molecule has 7 nitrogen and oxygen atoms in total. The Kier molecular flexibility index (Phi) is 8.48. The topological polar surface area (TPSA) is 64.1 Å². The molecule has 4 rings (SSSR count). The van der Waals surface area contributed by atoms with Gasteiger partial charge in [-0.3, -0.25) is 9.78 Å². The summed E-state index contributed by atoms with van der Waals surface area (Å²) in [6.07, 6.45) is 15.4. The van der Waals surface area contributed by atoms with Gasteiger partial charge >= 0.3 is 5.97 Å². The van der Waals surface area contributed by atoms with Crippen LogP contribution in [-0.2, 0) is 19.7 Å². The van der Waals surface area contributed by atoms with Gasteiger partial charge in [0.15, 0.2) is 11.2 Å². The largest absolute Gasteiger partial charge is 0.424 e. The van der Waals surface area contributed by atoms with Gasteiger partial charge in [-0.1, -0.05) is 12.2 Å². The molecule has 1 aliphatic heterocycles. The molecule has 0 N–H and O–H groups in total. The van der Waals surface area contributed by atoms with Gasteiger partial charge in [0, 0.05) is 69.8 Å². The van der Waals surface area contributed by atoms with Gasteiger partial charge in [0.05, 0.1) is 0 Å². The number of carbonyl (C=O) groups excluding carboxylic acids is 1. The molecule has 0 spiro atoms. The third kappa shape index (κ3) is 4.20. The summed E-state index contributed by atoms with van der Waals surface area (Å²) < 4.78 is 19.4. The molecule has 0 aromatic carbocycles. The van der Waals surface area contributed by atoms with E-state index in [9.17, 15) is 4.79 Å². The molecule has 2 atom stereocenters. The quantitative estimate of drug-likeness (QED) is 0.352. The van der Waals surface area contributed by atoms with Crippen LogP contribution in [0.4, 0.5) is 0 Å². The van der Waals surface area contributed by atoms with Crippen molar-refractivity contribution in [2.75, 3.05) is 39.4 Å². The Balaban J connectivity index is 1.95. The van der Waals surface area contributed by atoms with Gasteiger partial charge in [-0.25, -0.2) is 0 Å². The molecule has 0 bridgehead atoms. The monoisotopic (exact) mass is 521 g/mol. The first-order chi connectivity index (χ1) is 18.4. The van der Waals surface area contributed by atoms with Gasteiger partial charge in [-0.2, -0.15) is 0 Å². The summed E-state index contributed by atoms with van der Waals surface area (Å²) in [7, 11) is 0. The standard InChI is InChI=1S/C31H43N3O4/c1-7-33(8-2)24-15-19-29(20-16-24,36-11-5)31(27-26(38-28(31)35)14-13-23-32-27)30(37-12-6)21-17-25(18-22-30)34(9-3)10-4/h13-19,21,23H,7-12,20,22H2,1-6H3. The minimum Gasteiger partial charge on any atom is -0.424 e. The molecule has 0 radical (unpaired) electrons. The second kappa shape index (κ2) is 11.5. The highest BCUT2D eigenvalue weighted by Crippen LogP contribution is 2.59. The number of fused-ring (bicyclic) bond motifs is 1. The predicted molar refractivity (Wildman–Crippen MR) is 150 cm³/mol. The lowest BCUT2D eigenvalue weighted by atomic mass is 9.55. The van der Waals surface area contributed by atoms with E-state index < -0.39 is 16.6 Å². The average molecular weight is 522 g/mol. The van der Waals surface area contributed by atoms with Crippen LogP contribution in [-0.4, -0.2) is 71.3 Å². The van der Waals surface area contributed by atoms with Gasteiger partial charge in [-0.05, 0) is 78.0 Å². The number of hydrogen-bond donors (Lipinski definition) is 0. The molecule has 2 unspecified atom stereocenters. The van der Waals surface area contributed by atoms with Crippen LogP contribution in [0.25, 0.3) is 0 Å². The van der Waals surface area contributed by atoms with Gasteiger partial charge in [0.25, 0.3) is 0 Å². The number of ether oxygens (including phenoxy) is 3. The van der Waals surface area contributed by atoms with Crippen molar-refractivity contribution in [1.82, 2.24) is 14.8 Å². The van der Waals surface area contributed by atoms with E-state index in [1.165, 1.54) is 0 Å². The zero-order valence-corrected chi connectivity index (χ0v) is 23.8. The molecule has 1 aromatic rings. The molecule has 38 heavy (non-hydrogen) atoms. The highest BCUT2D eigenvalue weighted by molar-refractivity contribution is 5.94. The van der Waals surface area contributed by atoms with Crippen molar-refractivity contribution in [3.63, 3.8) is 0 Å². The Hall–Kier alpha value is -2.90. The first kappa shape index (κ1) is 28.1. The van der Waals surface area contributed by atoms with E-state index in [1.54, 1.807) is 12.3 Å². The molecule has 1 aromatic heterocycles. The van der Waals surface area contributed by atoms with Crippen LogP contribution in [0.15, 0.2) is 66.2 Å². The summed E-state index contributed by atoms with van der Waals surface area (Å²) in [5.74, 6) is 0.0799. The minimum absolute atomic E-state index is 0.387. The summed E-state index contributed by atoms with van der Waals surface area (Å²) in [4.78, 5) is 23.8. The Morgan fingerprint density at radius 1 is 0.842 bits per heavy atom. The Morgan fingerprint density at radius 2 is 1.34 bits per heavy atom.